The summed E-state index contributed by atoms with van der Waals surface area (Å²) in [5.74, 6) is 0. The summed E-state index contributed by atoms with van der Waals surface area (Å²) in [6, 6.07) is 14.6. The van der Waals surface area contributed by atoms with Crippen molar-refractivity contribution in [1.29, 1.82) is 0 Å². The van der Waals surface area contributed by atoms with Crippen molar-refractivity contribution in [2.75, 3.05) is 36.4 Å². The van der Waals surface area contributed by atoms with Crippen LogP contribution >= 0.6 is 0 Å². The molecule has 2 amide bonds. The number of nitrogens with one attached hydrogen (secondary N) is 1. The van der Waals surface area contributed by atoms with Gasteiger partial charge >= 0.3 is 6.03 Å². The van der Waals surface area contributed by atoms with E-state index in [0.29, 0.717) is 0 Å². The van der Waals surface area contributed by atoms with Gasteiger partial charge in [0.25, 0.3) is 0 Å². The molecule has 2 aromatic carbocycles. The number of hydrogen-bond acceptors (Lipinski definition) is 2. The molecule has 0 unspecified atom stereocenters. The lowest BCUT2D eigenvalue weighted by atomic mass is 10.1. The van der Waals surface area contributed by atoms with Gasteiger partial charge in [0.15, 0.2) is 0 Å². The zero-order valence-corrected chi connectivity index (χ0v) is 15.4. The molecule has 1 aliphatic heterocycles. The van der Waals surface area contributed by atoms with Crippen LogP contribution in [0.1, 0.15) is 23.6 Å². The Hall–Kier alpha value is -2.49. The van der Waals surface area contributed by atoms with Gasteiger partial charge in [-0.3, -0.25) is 0 Å². The van der Waals surface area contributed by atoms with E-state index in [1.54, 1.807) is 0 Å². The number of benzene rings is 2. The molecule has 1 heterocycles. The van der Waals surface area contributed by atoms with Crippen LogP contribution in [0.2, 0.25) is 0 Å². The fraction of sp³-hybridized carbons (Fsp3) is 0.381. The number of aryl methyl sites for hydroxylation is 3. The first-order valence-electron chi connectivity index (χ1n) is 9.05. The van der Waals surface area contributed by atoms with E-state index in [1.807, 2.05) is 36.9 Å². The van der Waals surface area contributed by atoms with Gasteiger partial charge in [0.05, 0.1) is 0 Å². The van der Waals surface area contributed by atoms with E-state index in [4.69, 9.17) is 0 Å². The van der Waals surface area contributed by atoms with E-state index in [2.05, 4.69) is 41.4 Å². The van der Waals surface area contributed by atoms with Crippen LogP contribution in [0.3, 0.4) is 0 Å². The molecule has 0 atom stereocenters. The molecule has 0 aliphatic carbocycles. The van der Waals surface area contributed by atoms with Crippen molar-refractivity contribution >= 4 is 17.4 Å². The summed E-state index contributed by atoms with van der Waals surface area (Å²) in [5, 5.41) is 3.09. The summed E-state index contributed by atoms with van der Waals surface area (Å²) in [5.41, 5.74) is 5.81. The third kappa shape index (κ3) is 3.78. The molecule has 0 radical (unpaired) electrons. The van der Waals surface area contributed by atoms with Gasteiger partial charge in [-0.2, -0.15) is 0 Å². The highest BCUT2D eigenvalue weighted by Crippen LogP contribution is 2.23. The summed E-state index contributed by atoms with van der Waals surface area (Å²) in [6.07, 6.45) is 1.03. The predicted octanol–water partition coefficient (Wildman–Crippen LogP) is 4.22. The van der Waals surface area contributed by atoms with Gasteiger partial charge in [-0.05, 0) is 43.0 Å². The maximum absolute atomic E-state index is 12.6. The van der Waals surface area contributed by atoms with E-state index < -0.39 is 0 Å². The van der Waals surface area contributed by atoms with Gasteiger partial charge in [-0.15, -0.1) is 0 Å². The molecule has 1 aliphatic rings. The van der Waals surface area contributed by atoms with Crippen molar-refractivity contribution in [2.45, 2.75) is 27.2 Å². The molecule has 4 heteroatoms. The quantitative estimate of drug-likeness (QED) is 0.910. The number of carbonyl (C=O) groups is 1. The molecule has 0 bridgehead atoms. The van der Waals surface area contributed by atoms with E-state index in [9.17, 15) is 4.79 Å². The molecule has 0 saturated carbocycles. The third-order valence-electron chi connectivity index (χ3n) is 4.99. The average Bonchev–Trinajstić information content (AvgIpc) is 2.65. The number of hydrogen-bond donors (Lipinski definition) is 1. The number of urea groups is 1. The molecule has 1 N–H and O–H groups in total. The van der Waals surface area contributed by atoms with Crippen LogP contribution in [0.5, 0.6) is 0 Å². The van der Waals surface area contributed by atoms with Gasteiger partial charge in [-0.25, -0.2) is 4.79 Å². The monoisotopic (exact) mass is 337 g/mol. The maximum atomic E-state index is 12.6. The maximum Gasteiger partial charge on any atom is 0.321 e. The summed E-state index contributed by atoms with van der Waals surface area (Å²) in [7, 11) is 0. The molecule has 132 valence electrons. The summed E-state index contributed by atoms with van der Waals surface area (Å²) >= 11 is 0. The molecular formula is C21H27N3O. The Morgan fingerprint density at radius 2 is 1.60 bits per heavy atom. The lowest BCUT2D eigenvalue weighted by Gasteiger charge is -2.37. The highest BCUT2D eigenvalue weighted by atomic mass is 16.2. The first kappa shape index (κ1) is 17.3. The number of piperazine rings is 1. The lowest BCUT2D eigenvalue weighted by molar-refractivity contribution is 0.208. The fourth-order valence-electron chi connectivity index (χ4n) is 3.47. The van der Waals surface area contributed by atoms with Crippen LogP contribution in [0.4, 0.5) is 16.2 Å². The highest BCUT2D eigenvalue weighted by molar-refractivity contribution is 5.91. The molecule has 2 aromatic rings. The van der Waals surface area contributed by atoms with Crippen molar-refractivity contribution in [3.05, 3.63) is 59.2 Å². The van der Waals surface area contributed by atoms with Gasteiger partial charge in [0.2, 0.25) is 0 Å². The van der Waals surface area contributed by atoms with E-state index in [0.717, 1.165) is 49.4 Å². The van der Waals surface area contributed by atoms with Gasteiger partial charge in [-0.1, -0.05) is 43.3 Å². The van der Waals surface area contributed by atoms with Crippen LogP contribution in [-0.4, -0.2) is 37.1 Å². The topological polar surface area (TPSA) is 35.6 Å². The first-order valence-corrected chi connectivity index (χ1v) is 9.05. The van der Waals surface area contributed by atoms with Gasteiger partial charge in [0, 0.05) is 37.6 Å². The number of anilines is 2. The van der Waals surface area contributed by atoms with Crippen LogP contribution in [-0.2, 0) is 6.42 Å². The number of nitrogens with zero attached hydrogens (tertiary/aromatic N) is 2. The zero-order chi connectivity index (χ0) is 17.8. The van der Waals surface area contributed by atoms with Crippen molar-refractivity contribution in [3.8, 4) is 0 Å². The van der Waals surface area contributed by atoms with E-state index in [1.165, 1.54) is 11.3 Å². The normalized spacial score (nSPS) is 14.5. The lowest BCUT2D eigenvalue weighted by Crippen LogP contribution is -2.50. The van der Waals surface area contributed by atoms with Crippen LogP contribution < -0.4 is 10.2 Å². The Morgan fingerprint density at radius 3 is 2.24 bits per heavy atom. The van der Waals surface area contributed by atoms with Crippen LogP contribution in [0.25, 0.3) is 0 Å². The van der Waals surface area contributed by atoms with Crippen molar-refractivity contribution < 1.29 is 4.79 Å². The van der Waals surface area contributed by atoms with Crippen molar-refractivity contribution in [1.82, 2.24) is 4.90 Å². The second kappa shape index (κ2) is 7.60. The molecule has 1 fully saturated rings. The SMILES string of the molecule is CCc1ccccc1N1CCN(C(=O)Nc2c(C)cccc2C)CC1. The Balaban J connectivity index is 1.63. The third-order valence-corrected chi connectivity index (χ3v) is 4.99. The number of amides is 2. The Morgan fingerprint density at radius 1 is 0.960 bits per heavy atom. The molecule has 1 saturated heterocycles. The van der Waals surface area contributed by atoms with Crippen LogP contribution in [0, 0.1) is 13.8 Å². The Kier molecular flexibility index (Phi) is 5.27. The van der Waals surface area contributed by atoms with Crippen LogP contribution in [0.15, 0.2) is 42.5 Å². The Bertz CT molecular complexity index is 728. The molecule has 0 aromatic heterocycles. The molecule has 0 spiro atoms. The Labute approximate surface area is 150 Å². The minimum atomic E-state index is 0.000765. The summed E-state index contributed by atoms with van der Waals surface area (Å²) < 4.78 is 0. The number of para-hydroxylation sites is 2. The minimum Gasteiger partial charge on any atom is -0.368 e. The fourth-order valence-corrected chi connectivity index (χ4v) is 3.47. The molecular weight excluding hydrogens is 310 g/mol. The summed E-state index contributed by atoms with van der Waals surface area (Å²) in [4.78, 5) is 16.9. The molecule has 3 rings (SSSR count). The number of carbonyl (C=O) groups excluding carboxylic acids is 1. The zero-order valence-electron chi connectivity index (χ0n) is 15.4. The second-order valence-electron chi connectivity index (χ2n) is 6.65. The van der Waals surface area contributed by atoms with Gasteiger partial charge in [0.1, 0.15) is 0 Å². The predicted molar refractivity (Wildman–Crippen MR) is 105 cm³/mol. The average molecular weight is 337 g/mol. The second-order valence-corrected chi connectivity index (χ2v) is 6.65. The molecule has 4 nitrogen and oxygen atoms in total. The highest BCUT2D eigenvalue weighted by Gasteiger charge is 2.22. The standard InChI is InChI=1S/C21H27N3O/c1-4-18-10-5-6-11-19(18)23-12-14-24(15-13-23)21(25)22-20-16(2)8-7-9-17(20)3/h5-11H,4,12-15H2,1-3H3,(H,22,25). The summed E-state index contributed by atoms with van der Waals surface area (Å²) in [6.45, 7) is 9.48. The van der Waals surface area contributed by atoms with Gasteiger partial charge < -0.3 is 15.1 Å². The number of rotatable bonds is 3. The van der Waals surface area contributed by atoms with Crippen molar-refractivity contribution in [3.63, 3.8) is 0 Å². The van der Waals surface area contributed by atoms with Crippen molar-refractivity contribution in [2.24, 2.45) is 0 Å². The largest absolute Gasteiger partial charge is 0.368 e. The van der Waals surface area contributed by atoms with E-state index in [-0.39, 0.29) is 6.03 Å². The first-order chi connectivity index (χ1) is 12.1. The minimum absolute atomic E-state index is 0.000765. The van der Waals surface area contributed by atoms with E-state index >= 15 is 0 Å². The smallest absolute Gasteiger partial charge is 0.321 e. The molecule has 25 heavy (non-hydrogen) atoms.